The van der Waals surface area contributed by atoms with Crippen molar-refractivity contribution in [3.63, 3.8) is 0 Å². The van der Waals surface area contributed by atoms with Crippen LogP contribution in [-0.2, 0) is 13.5 Å². The summed E-state index contributed by atoms with van der Waals surface area (Å²) in [5.74, 6) is -1.36. The van der Waals surface area contributed by atoms with Crippen molar-refractivity contribution in [2.24, 2.45) is 7.05 Å². The summed E-state index contributed by atoms with van der Waals surface area (Å²) in [5.41, 5.74) is 6.45. The molecule has 0 saturated heterocycles. The number of thiazole rings is 1. The van der Waals surface area contributed by atoms with Crippen molar-refractivity contribution >= 4 is 40.5 Å². The second-order valence-corrected chi connectivity index (χ2v) is 7.36. The van der Waals surface area contributed by atoms with E-state index in [-0.39, 0.29) is 34.9 Å². The van der Waals surface area contributed by atoms with Crippen molar-refractivity contribution in [3.8, 4) is 16.3 Å². The normalized spacial score (nSPS) is 10.9. The number of halogens is 1. The third-order valence-corrected chi connectivity index (χ3v) is 5.67. The van der Waals surface area contributed by atoms with Crippen LogP contribution in [-0.4, -0.2) is 31.5 Å². The van der Waals surface area contributed by atoms with Crippen LogP contribution in [0.4, 0.5) is 5.82 Å². The summed E-state index contributed by atoms with van der Waals surface area (Å²) in [7, 11) is 1.59. The van der Waals surface area contributed by atoms with E-state index in [2.05, 4.69) is 4.98 Å². The van der Waals surface area contributed by atoms with Gasteiger partial charge in [-0.3, -0.25) is 4.79 Å². The van der Waals surface area contributed by atoms with Gasteiger partial charge in [0.05, 0.1) is 5.56 Å². The highest BCUT2D eigenvalue weighted by Gasteiger charge is 2.23. The number of ketones is 1. The molecule has 0 bridgehead atoms. The molecule has 2 aromatic heterocycles. The number of carboxylic acids is 1. The van der Waals surface area contributed by atoms with Gasteiger partial charge in [-0.25, -0.2) is 9.78 Å². The molecule has 0 radical (unpaired) electrons. The second-order valence-electron chi connectivity index (χ2n) is 5.92. The Morgan fingerprint density at radius 2 is 1.96 bits per heavy atom. The van der Waals surface area contributed by atoms with E-state index in [0.29, 0.717) is 16.6 Å². The number of rotatable bonds is 6. The van der Waals surface area contributed by atoms with E-state index in [4.69, 9.17) is 17.3 Å². The van der Waals surface area contributed by atoms with Gasteiger partial charge in [-0.15, -0.1) is 11.3 Å². The van der Waals surface area contributed by atoms with Crippen molar-refractivity contribution in [1.82, 2.24) is 9.55 Å². The molecule has 2 heterocycles. The smallest absolute Gasteiger partial charge is 0.340 e. The summed E-state index contributed by atoms with van der Waals surface area (Å²) < 4.78 is 1.42. The van der Waals surface area contributed by atoms with Crippen LogP contribution in [0.2, 0.25) is 5.15 Å². The van der Waals surface area contributed by atoms with Crippen LogP contribution in [0.25, 0.3) is 10.6 Å². The van der Waals surface area contributed by atoms with Gasteiger partial charge in [0.25, 0.3) is 0 Å². The Morgan fingerprint density at radius 3 is 2.59 bits per heavy atom. The van der Waals surface area contributed by atoms with Gasteiger partial charge in [0.15, 0.2) is 5.78 Å². The first kappa shape index (κ1) is 18.9. The Kier molecular flexibility index (Phi) is 5.20. The molecular formula is C18H16ClN3O4S. The van der Waals surface area contributed by atoms with Crippen LogP contribution in [0.15, 0.2) is 30.5 Å². The third kappa shape index (κ3) is 3.81. The molecule has 0 amide bonds. The highest BCUT2D eigenvalue weighted by molar-refractivity contribution is 7.15. The average Bonchev–Trinajstić information content (AvgIpc) is 3.13. The van der Waals surface area contributed by atoms with Gasteiger partial charge < -0.3 is 20.5 Å². The van der Waals surface area contributed by atoms with Crippen LogP contribution in [0.1, 0.15) is 32.0 Å². The van der Waals surface area contributed by atoms with Gasteiger partial charge in [0, 0.05) is 30.1 Å². The molecule has 4 N–H and O–H groups in total. The van der Waals surface area contributed by atoms with Crippen molar-refractivity contribution in [1.29, 1.82) is 0 Å². The average molecular weight is 406 g/mol. The lowest BCUT2D eigenvalue weighted by atomic mass is 10.0. The summed E-state index contributed by atoms with van der Waals surface area (Å²) in [6, 6.07) is 6.57. The van der Waals surface area contributed by atoms with Gasteiger partial charge >= 0.3 is 5.97 Å². The van der Waals surface area contributed by atoms with E-state index in [1.807, 2.05) is 0 Å². The topological polar surface area (TPSA) is 118 Å². The fourth-order valence-corrected chi connectivity index (χ4v) is 3.96. The number of hydrogen-bond acceptors (Lipinski definition) is 6. The number of nitrogens with two attached hydrogens (primary N) is 1. The molecule has 140 valence electrons. The molecule has 0 aliphatic rings. The minimum Gasteiger partial charge on any atom is -0.508 e. The van der Waals surface area contributed by atoms with E-state index >= 15 is 0 Å². The predicted octanol–water partition coefficient (Wildman–Crippen LogP) is 3.60. The Morgan fingerprint density at radius 1 is 1.30 bits per heavy atom. The number of hydrogen-bond donors (Lipinski definition) is 3. The first-order valence-corrected chi connectivity index (χ1v) is 9.13. The molecule has 0 saturated carbocycles. The Hall–Kier alpha value is -2.84. The maximum absolute atomic E-state index is 12.5. The van der Waals surface area contributed by atoms with E-state index < -0.39 is 5.97 Å². The standard InChI is InChI=1S/C18H16ClN3O4S/c1-22-8-11(14(16(22)20)18(25)26)12(24)6-7-13-15(19)21-17(27-13)9-2-4-10(23)5-3-9/h2-5,8,23H,6-7,20H2,1H3,(H,25,26). The summed E-state index contributed by atoms with van der Waals surface area (Å²) in [6.07, 6.45) is 1.85. The van der Waals surface area contributed by atoms with Crippen LogP contribution in [0, 0.1) is 0 Å². The summed E-state index contributed by atoms with van der Waals surface area (Å²) in [6.45, 7) is 0. The number of benzene rings is 1. The number of aromatic hydroxyl groups is 1. The van der Waals surface area contributed by atoms with Gasteiger partial charge in [-0.2, -0.15) is 0 Å². The molecular weight excluding hydrogens is 390 g/mol. The van der Waals surface area contributed by atoms with Crippen LogP contribution in [0.3, 0.4) is 0 Å². The molecule has 0 aliphatic heterocycles. The number of aryl methyl sites for hydroxylation is 2. The van der Waals surface area contributed by atoms with E-state index in [1.54, 1.807) is 31.3 Å². The van der Waals surface area contributed by atoms with E-state index in [0.717, 1.165) is 10.4 Å². The third-order valence-electron chi connectivity index (χ3n) is 4.09. The lowest BCUT2D eigenvalue weighted by Crippen LogP contribution is -2.09. The Labute approximate surface area is 163 Å². The number of carbonyl (C=O) groups excluding carboxylic acids is 1. The minimum absolute atomic E-state index is 0.0382. The fraction of sp³-hybridized carbons (Fsp3) is 0.167. The molecule has 7 nitrogen and oxygen atoms in total. The second kappa shape index (κ2) is 7.42. The van der Waals surface area contributed by atoms with E-state index in [1.165, 1.54) is 22.1 Å². The number of nitrogen functional groups attached to an aromatic ring is 1. The number of aromatic nitrogens is 2. The number of carbonyl (C=O) groups is 2. The quantitative estimate of drug-likeness (QED) is 0.539. The molecule has 0 fully saturated rings. The number of carboxylic acid groups (broad SMARTS) is 1. The molecule has 0 spiro atoms. The Balaban J connectivity index is 1.78. The molecule has 3 aromatic rings. The zero-order valence-electron chi connectivity index (χ0n) is 14.3. The minimum atomic E-state index is -1.23. The van der Waals surface area contributed by atoms with Gasteiger partial charge in [0.2, 0.25) is 0 Å². The lowest BCUT2D eigenvalue weighted by molar-refractivity contribution is 0.0693. The maximum Gasteiger partial charge on any atom is 0.340 e. The highest BCUT2D eigenvalue weighted by atomic mass is 35.5. The predicted molar refractivity (Wildman–Crippen MR) is 104 cm³/mol. The zero-order chi connectivity index (χ0) is 19.7. The lowest BCUT2D eigenvalue weighted by Gasteiger charge is -2.00. The molecule has 3 rings (SSSR count). The zero-order valence-corrected chi connectivity index (χ0v) is 15.8. The first-order chi connectivity index (χ1) is 12.8. The maximum atomic E-state index is 12.5. The number of phenols is 1. The number of Topliss-reactive ketones (excluding diaryl/α,β-unsaturated/α-hetero) is 1. The van der Waals surface area contributed by atoms with Crippen molar-refractivity contribution in [2.75, 3.05) is 5.73 Å². The molecule has 0 unspecified atom stereocenters. The highest BCUT2D eigenvalue weighted by Crippen LogP contribution is 2.33. The summed E-state index contributed by atoms with van der Waals surface area (Å²) in [5, 5.41) is 19.6. The van der Waals surface area contributed by atoms with Crippen LogP contribution < -0.4 is 5.73 Å². The molecule has 0 aliphatic carbocycles. The molecule has 27 heavy (non-hydrogen) atoms. The van der Waals surface area contributed by atoms with Crippen LogP contribution in [0.5, 0.6) is 5.75 Å². The summed E-state index contributed by atoms with van der Waals surface area (Å²) in [4.78, 5) is 28.9. The molecule has 9 heteroatoms. The van der Waals surface area contributed by atoms with Gasteiger partial charge in [-0.05, 0) is 30.7 Å². The number of nitrogens with zero attached hydrogens (tertiary/aromatic N) is 2. The molecule has 1 aromatic carbocycles. The van der Waals surface area contributed by atoms with Gasteiger partial charge in [-0.1, -0.05) is 11.6 Å². The fourth-order valence-electron chi connectivity index (χ4n) is 2.65. The van der Waals surface area contributed by atoms with Crippen LogP contribution >= 0.6 is 22.9 Å². The van der Waals surface area contributed by atoms with Gasteiger partial charge in [0.1, 0.15) is 27.3 Å². The van der Waals surface area contributed by atoms with Crippen molar-refractivity contribution in [3.05, 3.63) is 51.6 Å². The van der Waals surface area contributed by atoms with E-state index in [9.17, 15) is 19.8 Å². The van der Waals surface area contributed by atoms with Crippen molar-refractivity contribution < 1.29 is 19.8 Å². The van der Waals surface area contributed by atoms with Crippen molar-refractivity contribution in [2.45, 2.75) is 12.8 Å². The largest absolute Gasteiger partial charge is 0.508 e. The molecule has 0 atom stereocenters. The number of aromatic carboxylic acids is 1. The first-order valence-electron chi connectivity index (χ1n) is 7.93. The number of phenolic OH excluding ortho intramolecular Hbond substituents is 1. The SMILES string of the molecule is Cn1cc(C(=O)CCc2sc(-c3ccc(O)cc3)nc2Cl)c(C(=O)O)c1N. The monoisotopic (exact) mass is 405 g/mol. The Bertz CT molecular complexity index is 1020. The number of anilines is 1. The summed E-state index contributed by atoms with van der Waals surface area (Å²) >= 11 is 7.54.